The Bertz CT molecular complexity index is 1430. The molecule has 0 spiro atoms. The Morgan fingerprint density at radius 2 is 1.64 bits per heavy atom. The minimum absolute atomic E-state index is 0.156. The Kier molecular flexibility index (Phi) is 5.47. The molecule has 0 aliphatic rings. The molecule has 0 atom stereocenters. The molecule has 0 aliphatic carbocycles. The van der Waals surface area contributed by atoms with Crippen LogP contribution in [0.5, 0.6) is 11.6 Å². The largest absolute Gasteiger partial charge is 0.438 e. The van der Waals surface area contributed by atoms with Gasteiger partial charge in [-0.2, -0.15) is 4.98 Å². The lowest BCUT2D eigenvalue weighted by Crippen LogP contribution is -2.11. The minimum atomic E-state index is -0.156. The first-order valence-electron chi connectivity index (χ1n) is 10.5. The molecule has 1 N–H and O–H groups in total. The third kappa shape index (κ3) is 4.55. The van der Waals surface area contributed by atoms with Crippen LogP contribution >= 0.6 is 0 Å². The van der Waals surface area contributed by atoms with E-state index in [9.17, 15) is 4.79 Å². The molecule has 0 bridgehead atoms. The van der Waals surface area contributed by atoms with Crippen LogP contribution in [0.15, 0.2) is 97.3 Å². The first-order chi connectivity index (χ1) is 16.2. The minimum Gasteiger partial charge on any atom is -0.438 e. The van der Waals surface area contributed by atoms with Crippen molar-refractivity contribution in [1.29, 1.82) is 0 Å². The van der Waals surface area contributed by atoms with Gasteiger partial charge in [0.1, 0.15) is 5.75 Å². The fraction of sp³-hybridized carbons (Fsp3) is 0.0370. The second-order valence-electron chi connectivity index (χ2n) is 7.56. The van der Waals surface area contributed by atoms with Crippen molar-refractivity contribution in [1.82, 2.24) is 15.0 Å². The molecule has 0 saturated heterocycles. The van der Waals surface area contributed by atoms with E-state index in [-0.39, 0.29) is 5.91 Å². The molecule has 2 aromatic heterocycles. The zero-order valence-electron chi connectivity index (χ0n) is 17.9. The molecule has 0 saturated carbocycles. The van der Waals surface area contributed by atoms with Crippen molar-refractivity contribution >= 4 is 22.5 Å². The van der Waals surface area contributed by atoms with Crippen molar-refractivity contribution in [3.05, 3.63) is 108 Å². The van der Waals surface area contributed by atoms with Crippen LogP contribution in [0.2, 0.25) is 0 Å². The van der Waals surface area contributed by atoms with Crippen molar-refractivity contribution in [2.24, 2.45) is 0 Å². The summed E-state index contributed by atoms with van der Waals surface area (Å²) in [6, 6.07) is 26.1. The van der Waals surface area contributed by atoms with Gasteiger partial charge in [0, 0.05) is 29.2 Å². The van der Waals surface area contributed by atoms with Gasteiger partial charge in [-0.3, -0.25) is 9.78 Å². The molecular formula is C27H20N4O2. The van der Waals surface area contributed by atoms with Gasteiger partial charge >= 0.3 is 0 Å². The summed E-state index contributed by atoms with van der Waals surface area (Å²) >= 11 is 0. The van der Waals surface area contributed by atoms with Crippen molar-refractivity contribution in [3.63, 3.8) is 0 Å². The highest BCUT2D eigenvalue weighted by Crippen LogP contribution is 2.30. The number of amides is 1. The van der Waals surface area contributed by atoms with Crippen molar-refractivity contribution < 1.29 is 9.53 Å². The molecule has 6 nitrogen and oxygen atoms in total. The number of ether oxygens (including phenoxy) is 1. The van der Waals surface area contributed by atoms with Crippen molar-refractivity contribution in [2.75, 3.05) is 5.32 Å². The van der Waals surface area contributed by atoms with Gasteiger partial charge in [-0.15, -0.1) is 0 Å². The van der Waals surface area contributed by atoms with E-state index in [4.69, 9.17) is 4.74 Å². The molecule has 0 unspecified atom stereocenters. The molecule has 0 aliphatic heterocycles. The predicted octanol–water partition coefficient (Wildman–Crippen LogP) is 6.04. The standard InChI is InChI=1S/C27H20N4O2/c1-18-5-4-6-20(17-18)26(32)29-21-9-11-22(12-10-21)33-27-23-7-2-3-8-24(23)30-25(31-27)19-13-15-28-16-14-19/h2-17H,1H3,(H,29,32). The molecule has 6 heteroatoms. The van der Waals surface area contributed by atoms with Gasteiger partial charge in [0.25, 0.3) is 5.91 Å². The Labute approximate surface area is 190 Å². The number of fused-ring (bicyclic) bond motifs is 1. The Balaban J connectivity index is 1.40. The Morgan fingerprint density at radius 1 is 0.848 bits per heavy atom. The Hall–Kier alpha value is -4.58. The van der Waals surface area contributed by atoms with Crippen molar-refractivity contribution in [3.8, 4) is 23.0 Å². The van der Waals surface area contributed by atoms with E-state index in [0.717, 1.165) is 22.0 Å². The van der Waals surface area contributed by atoms with E-state index in [1.165, 1.54) is 0 Å². The van der Waals surface area contributed by atoms with Crippen molar-refractivity contribution in [2.45, 2.75) is 6.92 Å². The lowest BCUT2D eigenvalue weighted by Gasteiger charge is -2.11. The van der Waals surface area contributed by atoms with Gasteiger partial charge in [0.2, 0.25) is 5.88 Å². The highest BCUT2D eigenvalue weighted by molar-refractivity contribution is 6.04. The van der Waals surface area contributed by atoms with E-state index in [1.54, 1.807) is 42.7 Å². The number of hydrogen-bond acceptors (Lipinski definition) is 5. The summed E-state index contributed by atoms with van der Waals surface area (Å²) < 4.78 is 6.13. The average molecular weight is 432 g/mol. The highest BCUT2D eigenvalue weighted by atomic mass is 16.5. The second-order valence-corrected chi connectivity index (χ2v) is 7.56. The van der Waals surface area contributed by atoms with Crippen LogP contribution in [0.4, 0.5) is 5.69 Å². The molecule has 3 aromatic carbocycles. The third-order valence-corrected chi connectivity index (χ3v) is 5.11. The maximum Gasteiger partial charge on any atom is 0.255 e. The highest BCUT2D eigenvalue weighted by Gasteiger charge is 2.12. The van der Waals surface area contributed by atoms with Crippen LogP contribution in [-0.4, -0.2) is 20.9 Å². The number of rotatable bonds is 5. The van der Waals surface area contributed by atoms with Gasteiger partial charge in [0.15, 0.2) is 5.82 Å². The SMILES string of the molecule is Cc1cccc(C(=O)Nc2ccc(Oc3nc(-c4ccncc4)nc4ccccc34)cc2)c1. The number of para-hydroxylation sites is 1. The van der Waals surface area contributed by atoms with Crippen LogP contribution in [0, 0.1) is 6.92 Å². The topological polar surface area (TPSA) is 77.0 Å². The number of nitrogens with one attached hydrogen (secondary N) is 1. The Morgan fingerprint density at radius 3 is 2.42 bits per heavy atom. The average Bonchev–Trinajstić information content (AvgIpc) is 2.85. The van der Waals surface area contributed by atoms with Crippen LogP contribution < -0.4 is 10.1 Å². The van der Waals surface area contributed by atoms with Gasteiger partial charge in [-0.25, -0.2) is 4.98 Å². The number of aromatic nitrogens is 3. The molecule has 160 valence electrons. The number of anilines is 1. The van der Waals surface area contributed by atoms with Gasteiger partial charge in [-0.05, 0) is 67.6 Å². The molecule has 1 amide bonds. The van der Waals surface area contributed by atoms with Crippen LogP contribution in [0.3, 0.4) is 0 Å². The molecule has 33 heavy (non-hydrogen) atoms. The predicted molar refractivity (Wildman–Crippen MR) is 128 cm³/mol. The zero-order valence-corrected chi connectivity index (χ0v) is 17.9. The van der Waals surface area contributed by atoms with Gasteiger partial charge < -0.3 is 10.1 Å². The molecule has 0 fully saturated rings. The van der Waals surface area contributed by atoms with E-state index in [2.05, 4.69) is 20.3 Å². The van der Waals surface area contributed by atoms with Gasteiger partial charge in [0.05, 0.1) is 10.9 Å². The molecular weight excluding hydrogens is 412 g/mol. The molecule has 5 aromatic rings. The van der Waals surface area contributed by atoms with Crippen LogP contribution in [-0.2, 0) is 0 Å². The first kappa shape index (κ1) is 20.3. The molecule has 0 radical (unpaired) electrons. The monoisotopic (exact) mass is 432 g/mol. The number of carbonyl (C=O) groups excluding carboxylic acids is 1. The van der Waals surface area contributed by atoms with E-state index >= 15 is 0 Å². The third-order valence-electron chi connectivity index (χ3n) is 5.11. The quantitative estimate of drug-likeness (QED) is 0.366. The number of pyridine rings is 1. The van der Waals surface area contributed by atoms with Gasteiger partial charge in [-0.1, -0.05) is 29.8 Å². The summed E-state index contributed by atoms with van der Waals surface area (Å²) in [5.74, 6) is 1.47. The summed E-state index contributed by atoms with van der Waals surface area (Å²) in [7, 11) is 0. The molecule has 2 heterocycles. The summed E-state index contributed by atoms with van der Waals surface area (Å²) in [4.78, 5) is 25.9. The summed E-state index contributed by atoms with van der Waals surface area (Å²) in [6.45, 7) is 1.96. The summed E-state index contributed by atoms with van der Waals surface area (Å²) in [5.41, 5.74) is 3.98. The zero-order chi connectivity index (χ0) is 22.6. The fourth-order valence-electron chi connectivity index (χ4n) is 3.46. The normalized spacial score (nSPS) is 10.7. The number of hydrogen-bond donors (Lipinski definition) is 1. The number of aryl methyl sites for hydroxylation is 1. The lowest BCUT2D eigenvalue weighted by atomic mass is 10.1. The fourth-order valence-corrected chi connectivity index (χ4v) is 3.46. The van der Waals surface area contributed by atoms with Crippen LogP contribution in [0.1, 0.15) is 15.9 Å². The maximum absolute atomic E-state index is 12.5. The van der Waals surface area contributed by atoms with E-state index < -0.39 is 0 Å². The first-order valence-corrected chi connectivity index (χ1v) is 10.5. The van der Waals surface area contributed by atoms with Crippen LogP contribution in [0.25, 0.3) is 22.3 Å². The molecule has 5 rings (SSSR count). The lowest BCUT2D eigenvalue weighted by molar-refractivity contribution is 0.102. The summed E-state index contributed by atoms with van der Waals surface area (Å²) in [5, 5.41) is 3.72. The second kappa shape index (κ2) is 8.88. The smallest absolute Gasteiger partial charge is 0.255 e. The number of benzene rings is 3. The maximum atomic E-state index is 12.5. The number of nitrogens with zero attached hydrogens (tertiary/aromatic N) is 3. The van der Waals surface area contributed by atoms with E-state index in [1.807, 2.05) is 61.5 Å². The summed E-state index contributed by atoms with van der Waals surface area (Å²) in [6.07, 6.45) is 3.41. The van der Waals surface area contributed by atoms with E-state index in [0.29, 0.717) is 28.7 Å². The number of carbonyl (C=O) groups is 1.